The van der Waals surface area contributed by atoms with Crippen LogP contribution in [-0.2, 0) is 14.3 Å². The minimum absolute atomic E-state index is 0.181. The van der Waals surface area contributed by atoms with E-state index in [1.54, 1.807) is 13.8 Å². The van der Waals surface area contributed by atoms with Crippen molar-refractivity contribution in [3.05, 3.63) is 0 Å². The second-order valence-corrected chi connectivity index (χ2v) is 3.13. The molecular formula is C8H12O3. The van der Waals surface area contributed by atoms with Crippen LogP contribution >= 0.6 is 0 Å². The van der Waals surface area contributed by atoms with Crippen molar-refractivity contribution in [2.75, 3.05) is 6.61 Å². The molecular weight excluding hydrogens is 144 g/mol. The van der Waals surface area contributed by atoms with Gasteiger partial charge in [0.15, 0.2) is 0 Å². The third-order valence-corrected chi connectivity index (χ3v) is 2.12. The smallest absolute Gasteiger partial charge is 0.309 e. The first-order valence-corrected chi connectivity index (χ1v) is 3.77. The molecule has 0 N–H and O–H groups in total. The van der Waals surface area contributed by atoms with Gasteiger partial charge in [-0.2, -0.15) is 0 Å². The van der Waals surface area contributed by atoms with E-state index in [0.717, 1.165) is 6.29 Å². The molecule has 0 heterocycles. The van der Waals surface area contributed by atoms with Crippen LogP contribution in [0.5, 0.6) is 0 Å². The van der Waals surface area contributed by atoms with Crippen molar-refractivity contribution in [3.63, 3.8) is 0 Å². The van der Waals surface area contributed by atoms with Gasteiger partial charge in [0.1, 0.15) is 6.29 Å². The van der Waals surface area contributed by atoms with E-state index in [1.807, 2.05) is 0 Å². The first-order chi connectivity index (χ1) is 5.14. The van der Waals surface area contributed by atoms with E-state index in [9.17, 15) is 9.59 Å². The standard InChI is InChI=1S/C8H12O3/c1-3-11-7(10)6-4-8(6,2)5-9/h5-6H,3-4H2,1-2H3/t6-,8-/m1/s1. The van der Waals surface area contributed by atoms with Crippen LogP contribution in [0.1, 0.15) is 20.3 Å². The van der Waals surface area contributed by atoms with Crippen LogP contribution in [0.15, 0.2) is 0 Å². The molecule has 2 atom stereocenters. The highest BCUT2D eigenvalue weighted by molar-refractivity contribution is 5.84. The number of carbonyl (C=O) groups is 2. The van der Waals surface area contributed by atoms with Crippen molar-refractivity contribution in [1.29, 1.82) is 0 Å². The van der Waals surface area contributed by atoms with Crippen LogP contribution in [0.3, 0.4) is 0 Å². The Balaban J connectivity index is 2.42. The lowest BCUT2D eigenvalue weighted by molar-refractivity contribution is -0.146. The summed E-state index contributed by atoms with van der Waals surface area (Å²) in [5.41, 5.74) is -0.424. The fourth-order valence-electron chi connectivity index (χ4n) is 1.11. The van der Waals surface area contributed by atoms with Gasteiger partial charge in [-0.25, -0.2) is 0 Å². The SMILES string of the molecule is CCOC(=O)[C@H]1C[C@]1(C)C=O. The summed E-state index contributed by atoms with van der Waals surface area (Å²) >= 11 is 0. The molecule has 62 valence electrons. The van der Waals surface area contributed by atoms with Gasteiger partial charge in [-0.3, -0.25) is 4.79 Å². The van der Waals surface area contributed by atoms with Gasteiger partial charge in [0.25, 0.3) is 0 Å². The van der Waals surface area contributed by atoms with Crippen molar-refractivity contribution < 1.29 is 14.3 Å². The number of hydrogen-bond donors (Lipinski definition) is 0. The number of ether oxygens (including phenoxy) is 1. The van der Waals surface area contributed by atoms with Gasteiger partial charge in [0, 0.05) is 5.41 Å². The molecule has 0 unspecified atom stereocenters. The molecule has 1 fully saturated rings. The van der Waals surface area contributed by atoms with E-state index >= 15 is 0 Å². The largest absolute Gasteiger partial charge is 0.466 e. The lowest BCUT2D eigenvalue weighted by Crippen LogP contribution is -2.12. The average molecular weight is 156 g/mol. The topological polar surface area (TPSA) is 43.4 Å². The summed E-state index contributed by atoms with van der Waals surface area (Å²) in [6.45, 7) is 3.93. The Labute approximate surface area is 65.7 Å². The first-order valence-electron chi connectivity index (χ1n) is 3.77. The first kappa shape index (κ1) is 8.24. The summed E-state index contributed by atoms with van der Waals surface area (Å²) < 4.78 is 4.77. The minimum atomic E-state index is -0.424. The fraction of sp³-hybridized carbons (Fsp3) is 0.750. The number of rotatable bonds is 3. The van der Waals surface area contributed by atoms with Crippen LogP contribution in [-0.4, -0.2) is 18.9 Å². The fourth-order valence-corrected chi connectivity index (χ4v) is 1.11. The Bertz CT molecular complexity index is 188. The second-order valence-electron chi connectivity index (χ2n) is 3.13. The quantitative estimate of drug-likeness (QED) is 0.448. The molecule has 0 aromatic carbocycles. The average Bonchev–Trinajstić information content (AvgIpc) is 2.65. The van der Waals surface area contributed by atoms with Gasteiger partial charge in [-0.05, 0) is 13.3 Å². The summed E-state index contributed by atoms with van der Waals surface area (Å²) in [7, 11) is 0. The van der Waals surface area contributed by atoms with Gasteiger partial charge >= 0.3 is 5.97 Å². The van der Waals surface area contributed by atoms with Crippen LogP contribution in [0.2, 0.25) is 0 Å². The molecule has 0 bridgehead atoms. The highest BCUT2D eigenvalue weighted by Gasteiger charge is 2.55. The molecule has 1 saturated carbocycles. The van der Waals surface area contributed by atoms with E-state index in [2.05, 4.69) is 0 Å². The zero-order chi connectivity index (χ0) is 8.48. The number of esters is 1. The molecule has 11 heavy (non-hydrogen) atoms. The van der Waals surface area contributed by atoms with E-state index in [-0.39, 0.29) is 11.9 Å². The molecule has 3 nitrogen and oxygen atoms in total. The third kappa shape index (κ3) is 1.42. The highest BCUT2D eigenvalue weighted by Crippen LogP contribution is 2.50. The van der Waals surface area contributed by atoms with Crippen LogP contribution in [0.25, 0.3) is 0 Å². The molecule has 1 aliphatic carbocycles. The number of aldehydes is 1. The Morgan fingerprint density at radius 1 is 1.82 bits per heavy atom. The number of carbonyl (C=O) groups excluding carboxylic acids is 2. The normalized spacial score (nSPS) is 34.5. The molecule has 1 aliphatic rings. The maximum absolute atomic E-state index is 11.0. The van der Waals surface area contributed by atoms with Crippen LogP contribution in [0, 0.1) is 11.3 Å². The molecule has 0 aromatic rings. The highest BCUT2D eigenvalue weighted by atomic mass is 16.5. The Hall–Kier alpha value is -0.860. The van der Waals surface area contributed by atoms with Gasteiger partial charge in [0.05, 0.1) is 12.5 Å². The van der Waals surface area contributed by atoms with Crippen molar-refractivity contribution in [2.24, 2.45) is 11.3 Å². The maximum atomic E-state index is 11.0. The molecule has 0 aromatic heterocycles. The summed E-state index contributed by atoms with van der Waals surface area (Å²) in [6.07, 6.45) is 1.49. The summed E-state index contributed by atoms with van der Waals surface area (Å²) in [5, 5.41) is 0. The monoisotopic (exact) mass is 156 g/mol. The van der Waals surface area contributed by atoms with E-state index in [1.165, 1.54) is 0 Å². The Kier molecular flexibility index (Phi) is 1.98. The van der Waals surface area contributed by atoms with Gasteiger partial charge < -0.3 is 9.53 Å². The van der Waals surface area contributed by atoms with Gasteiger partial charge in [-0.1, -0.05) is 6.92 Å². The van der Waals surface area contributed by atoms with Gasteiger partial charge in [-0.15, -0.1) is 0 Å². The van der Waals surface area contributed by atoms with Crippen LogP contribution < -0.4 is 0 Å². The Morgan fingerprint density at radius 2 is 2.45 bits per heavy atom. The van der Waals surface area contributed by atoms with Crippen molar-refractivity contribution in [3.8, 4) is 0 Å². The molecule has 3 heteroatoms. The number of hydrogen-bond acceptors (Lipinski definition) is 3. The molecule has 0 spiro atoms. The van der Waals surface area contributed by atoms with Crippen molar-refractivity contribution in [1.82, 2.24) is 0 Å². The Morgan fingerprint density at radius 3 is 2.82 bits per heavy atom. The third-order valence-electron chi connectivity index (χ3n) is 2.12. The summed E-state index contributed by atoms with van der Waals surface area (Å²) in [4.78, 5) is 21.4. The molecule has 0 amide bonds. The lowest BCUT2D eigenvalue weighted by atomic mass is 10.1. The van der Waals surface area contributed by atoms with E-state index in [0.29, 0.717) is 13.0 Å². The van der Waals surface area contributed by atoms with Crippen LogP contribution in [0.4, 0.5) is 0 Å². The maximum Gasteiger partial charge on any atom is 0.309 e. The predicted octanol–water partition coefficient (Wildman–Crippen LogP) is 0.775. The molecule has 0 saturated heterocycles. The zero-order valence-electron chi connectivity index (χ0n) is 6.79. The van der Waals surface area contributed by atoms with E-state index < -0.39 is 5.41 Å². The molecule has 0 aliphatic heterocycles. The zero-order valence-corrected chi connectivity index (χ0v) is 6.79. The summed E-state index contributed by atoms with van der Waals surface area (Å²) in [5.74, 6) is -0.415. The van der Waals surface area contributed by atoms with E-state index in [4.69, 9.17) is 4.74 Å². The predicted molar refractivity (Wildman–Crippen MR) is 38.9 cm³/mol. The second kappa shape index (κ2) is 2.64. The van der Waals surface area contributed by atoms with Crippen molar-refractivity contribution in [2.45, 2.75) is 20.3 Å². The van der Waals surface area contributed by atoms with Gasteiger partial charge in [0.2, 0.25) is 0 Å². The molecule has 0 radical (unpaired) electrons. The van der Waals surface area contributed by atoms with Crippen molar-refractivity contribution >= 4 is 12.3 Å². The lowest BCUT2D eigenvalue weighted by Gasteiger charge is -2.01. The molecule has 1 rings (SSSR count). The minimum Gasteiger partial charge on any atom is -0.466 e. The summed E-state index contributed by atoms with van der Waals surface area (Å²) in [6, 6.07) is 0.